The van der Waals surface area contributed by atoms with Crippen LogP contribution in [0.1, 0.15) is 0 Å². The maximum absolute atomic E-state index is 5.35. The Labute approximate surface area is 127 Å². The Morgan fingerprint density at radius 2 is 1.71 bits per heavy atom. The highest BCUT2D eigenvalue weighted by Crippen LogP contribution is 2.26. The van der Waals surface area contributed by atoms with Crippen molar-refractivity contribution < 1.29 is 4.74 Å². The molecule has 3 nitrogen and oxygen atoms in total. The SMILES string of the molecule is COc1ccccc1N=c1scc(-c2ccccc2)n1C. The summed E-state index contributed by atoms with van der Waals surface area (Å²) >= 11 is 1.63. The zero-order chi connectivity index (χ0) is 14.7. The molecule has 21 heavy (non-hydrogen) atoms. The van der Waals surface area contributed by atoms with Gasteiger partial charge >= 0.3 is 0 Å². The van der Waals surface area contributed by atoms with Crippen LogP contribution in [0.25, 0.3) is 11.3 Å². The molecule has 0 aliphatic rings. The first-order chi connectivity index (χ1) is 10.3. The largest absolute Gasteiger partial charge is 0.494 e. The number of hydrogen-bond donors (Lipinski definition) is 0. The Bertz CT molecular complexity index is 803. The highest BCUT2D eigenvalue weighted by atomic mass is 32.1. The second-order valence-corrected chi connectivity index (χ2v) is 5.45. The molecule has 0 amide bonds. The minimum Gasteiger partial charge on any atom is -0.494 e. The third kappa shape index (κ3) is 2.76. The Morgan fingerprint density at radius 3 is 2.48 bits per heavy atom. The standard InChI is InChI=1S/C17H16N2OS/c1-19-15(13-8-4-3-5-9-13)12-21-17(19)18-14-10-6-7-11-16(14)20-2/h3-12H,1-2H3. The van der Waals surface area contributed by atoms with Gasteiger partial charge in [-0.2, -0.15) is 0 Å². The Balaban J connectivity index is 2.09. The number of ether oxygens (including phenoxy) is 1. The second kappa shape index (κ2) is 5.97. The molecule has 3 rings (SSSR count). The first-order valence-electron chi connectivity index (χ1n) is 6.67. The van der Waals surface area contributed by atoms with Crippen molar-refractivity contribution in [2.24, 2.45) is 12.0 Å². The predicted molar refractivity (Wildman–Crippen MR) is 86.9 cm³/mol. The van der Waals surface area contributed by atoms with Gasteiger partial charge in [-0.15, -0.1) is 11.3 Å². The molecule has 3 aromatic rings. The first kappa shape index (κ1) is 13.6. The fourth-order valence-electron chi connectivity index (χ4n) is 2.17. The number of nitrogens with zero attached hydrogens (tertiary/aromatic N) is 2. The third-order valence-electron chi connectivity index (χ3n) is 3.30. The Hall–Kier alpha value is -2.33. The Kier molecular flexibility index (Phi) is 3.88. The highest BCUT2D eigenvalue weighted by Gasteiger charge is 2.05. The molecule has 0 spiro atoms. The fraction of sp³-hybridized carbons (Fsp3) is 0.118. The van der Waals surface area contributed by atoms with E-state index in [1.807, 2.05) is 49.5 Å². The topological polar surface area (TPSA) is 26.5 Å². The van der Waals surface area contributed by atoms with Crippen molar-refractivity contribution in [3.05, 3.63) is 64.8 Å². The van der Waals surface area contributed by atoms with Gasteiger partial charge in [0.05, 0.1) is 12.8 Å². The van der Waals surface area contributed by atoms with E-state index in [9.17, 15) is 0 Å². The molecule has 4 heteroatoms. The Morgan fingerprint density at radius 1 is 1.00 bits per heavy atom. The molecule has 0 bridgehead atoms. The minimum atomic E-state index is 0.784. The summed E-state index contributed by atoms with van der Waals surface area (Å²) in [4.78, 5) is 5.66. The molecule has 1 aromatic heterocycles. The van der Waals surface area contributed by atoms with Crippen LogP contribution in [0.3, 0.4) is 0 Å². The molecule has 0 aliphatic heterocycles. The summed E-state index contributed by atoms with van der Waals surface area (Å²) < 4.78 is 7.45. The molecule has 0 saturated heterocycles. The van der Waals surface area contributed by atoms with Crippen LogP contribution in [0.4, 0.5) is 5.69 Å². The van der Waals surface area contributed by atoms with E-state index in [0.29, 0.717) is 0 Å². The van der Waals surface area contributed by atoms with E-state index in [2.05, 4.69) is 22.1 Å². The molecule has 0 radical (unpaired) electrons. The minimum absolute atomic E-state index is 0.784. The van der Waals surface area contributed by atoms with Crippen molar-refractivity contribution >= 4 is 17.0 Å². The third-order valence-corrected chi connectivity index (χ3v) is 4.21. The smallest absolute Gasteiger partial charge is 0.190 e. The van der Waals surface area contributed by atoms with E-state index in [0.717, 1.165) is 21.9 Å². The van der Waals surface area contributed by atoms with Gasteiger partial charge in [-0.25, -0.2) is 4.99 Å². The first-order valence-corrected chi connectivity index (χ1v) is 7.55. The van der Waals surface area contributed by atoms with E-state index >= 15 is 0 Å². The molecule has 0 fully saturated rings. The quantitative estimate of drug-likeness (QED) is 0.717. The summed E-state index contributed by atoms with van der Waals surface area (Å²) in [5.41, 5.74) is 3.20. The van der Waals surface area contributed by atoms with Gasteiger partial charge < -0.3 is 9.30 Å². The van der Waals surface area contributed by atoms with Gasteiger partial charge in [0, 0.05) is 12.4 Å². The summed E-state index contributed by atoms with van der Waals surface area (Å²) in [6.07, 6.45) is 0. The van der Waals surface area contributed by atoms with E-state index in [1.54, 1.807) is 18.4 Å². The van der Waals surface area contributed by atoms with Crippen LogP contribution in [0.15, 0.2) is 65.0 Å². The van der Waals surface area contributed by atoms with Crippen LogP contribution in [0.2, 0.25) is 0 Å². The average Bonchev–Trinajstić information content (AvgIpc) is 2.90. The molecule has 0 atom stereocenters. The van der Waals surface area contributed by atoms with Crippen LogP contribution < -0.4 is 9.54 Å². The molecular weight excluding hydrogens is 280 g/mol. The summed E-state index contributed by atoms with van der Waals surface area (Å²) in [5, 5.41) is 2.13. The molecule has 0 N–H and O–H groups in total. The maximum atomic E-state index is 5.35. The summed E-state index contributed by atoms with van der Waals surface area (Å²) in [7, 11) is 3.70. The summed E-state index contributed by atoms with van der Waals surface area (Å²) in [6.45, 7) is 0. The van der Waals surface area contributed by atoms with E-state index in [1.165, 1.54) is 5.56 Å². The van der Waals surface area contributed by atoms with Crippen molar-refractivity contribution in [1.29, 1.82) is 0 Å². The molecule has 106 valence electrons. The molecular formula is C17H16N2OS. The number of thiazole rings is 1. The van der Waals surface area contributed by atoms with Gasteiger partial charge in [-0.1, -0.05) is 42.5 Å². The van der Waals surface area contributed by atoms with Crippen LogP contribution in [0.5, 0.6) is 5.75 Å². The number of para-hydroxylation sites is 2. The van der Waals surface area contributed by atoms with Crippen LogP contribution >= 0.6 is 11.3 Å². The van der Waals surface area contributed by atoms with Crippen LogP contribution in [-0.2, 0) is 7.05 Å². The van der Waals surface area contributed by atoms with Crippen molar-refractivity contribution in [1.82, 2.24) is 4.57 Å². The van der Waals surface area contributed by atoms with E-state index in [4.69, 9.17) is 9.73 Å². The van der Waals surface area contributed by atoms with E-state index < -0.39 is 0 Å². The molecule has 2 aromatic carbocycles. The van der Waals surface area contributed by atoms with Gasteiger partial charge in [-0.05, 0) is 17.7 Å². The lowest BCUT2D eigenvalue weighted by molar-refractivity contribution is 0.416. The lowest BCUT2D eigenvalue weighted by Gasteiger charge is -2.04. The lowest BCUT2D eigenvalue weighted by atomic mass is 10.2. The van der Waals surface area contributed by atoms with Gasteiger partial charge in [0.25, 0.3) is 0 Å². The van der Waals surface area contributed by atoms with Gasteiger partial charge in [0.2, 0.25) is 0 Å². The second-order valence-electron chi connectivity index (χ2n) is 4.61. The monoisotopic (exact) mass is 296 g/mol. The number of benzene rings is 2. The van der Waals surface area contributed by atoms with E-state index in [-0.39, 0.29) is 0 Å². The number of aromatic nitrogens is 1. The van der Waals surface area contributed by atoms with Crippen LogP contribution in [-0.4, -0.2) is 11.7 Å². The molecule has 0 aliphatic carbocycles. The van der Waals surface area contributed by atoms with Crippen LogP contribution in [0, 0.1) is 0 Å². The number of rotatable bonds is 3. The zero-order valence-electron chi connectivity index (χ0n) is 12.0. The molecule has 0 unspecified atom stereocenters. The van der Waals surface area contributed by atoms with Crippen molar-refractivity contribution in [3.8, 4) is 17.0 Å². The predicted octanol–water partition coefficient (Wildman–Crippen LogP) is 3.99. The van der Waals surface area contributed by atoms with Crippen molar-refractivity contribution in [2.75, 3.05) is 7.11 Å². The van der Waals surface area contributed by atoms with Gasteiger partial charge in [-0.3, -0.25) is 0 Å². The summed E-state index contributed by atoms with van der Waals surface area (Å²) in [6, 6.07) is 18.1. The van der Waals surface area contributed by atoms with Crippen molar-refractivity contribution in [3.63, 3.8) is 0 Å². The summed E-state index contributed by atoms with van der Waals surface area (Å²) in [5.74, 6) is 0.784. The fourth-order valence-corrected chi connectivity index (χ4v) is 3.09. The zero-order valence-corrected chi connectivity index (χ0v) is 12.8. The lowest BCUT2D eigenvalue weighted by Crippen LogP contribution is -2.10. The number of hydrogen-bond acceptors (Lipinski definition) is 3. The molecule has 1 heterocycles. The molecule has 0 saturated carbocycles. The normalized spacial score (nSPS) is 11.6. The highest BCUT2D eigenvalue weighted by molar-refractivity contribution is 7.07. The average molecular weight is 296 g/mol. The van der Waals surface area contributed by atoms with Gasteiger partial charge in [0.1, 0.15) is 11.4 Å². The number of methoxy groups -OCH3 is 1. The van der Waals surface area contributed by atoms with Crippen molar-refractivity contribution in [2.45, 2.75) is 0 Å². The van der Waals surface area contributed by atoms with Gasteiger partial charge in [0.15, 0.2) is 4.80 Å². The maximum Gasteiger partial charge on any atom is 0.190 e.